The van der Waals surface area contributed by atoms with Crippen LogP contribution < -0.4 is 10.7 Å². The second-order valence-corrected chi connectivity index (χ2v) is 6.58. The van der Waals surface area contributed by atoms with Gasteiger partial charge >= 0.3 is 0 Å². The Hall–Kier alpha value is -2.86. The Kier molecular flexibility index (Phi) is 5.23. The highest BCUT2D eigenvalue weighted by atomic mass is 35.5. The van der Waals surface area contributed by atoms with Crippen LogP contribution in [0.15, 0.2) is 47.6 Å². The van der Waals surface area contributed by atoms with E-state index in [1.807, 2.05) is 12.1 Å². The van der Waals surface area contributed by atoms with Gasteiger partial charge in [0.15, 0.2) is 0 Å². The lowest BCUT2D eigenvalue weighted by Gasteiger charge is -2.08. The number of aromatic hydroxyl groups is 1. The third-order valence-corrected chi connectivity index (χ3v) is 4.26. The quantitative estimate of drug-likeness (QED) is 0.554. The minimum atomic E-state index is -0.567. The van der Waals surface area contributed by atoms with Gasteiger partial charge in [-0.15, -0.1) is 0 Å². The number of halogens is 1. The number of anilines is 1. The van der Waals surface area contributed by atoms with Crippen LogP contribution in [0.1, 0.15) is 35.7 Å². The summed E-state index contributed by atoms with van der Waals surface area (Å²) in [5.41, 5.74) is 4.44. The average molecular weight is 372 g/mol. The van der Waals surface area contributed by atoms with Crippen LogP contribution in [0.25, 0.3) is 0 Å². The van der Waals surface area contributed by atoms with Crippen molar-refractivity contribution in [2.75, 3.05) is 5.32 Å². The predicted molar refractivity (Wildman–Crippen MR) is 101 cm³/mol. The fourth-order valence-electron chi connectivity index (χ4n) is 2.36. The predicted octanol–water partition coefficient (Wildman–Crippen LogP) is 3.55. The first-order valence-electron chi connectivity index (χ1n) is 8.18. The van der Waals surface area contributed by atoms with E-state index in [1.165, 1.54) is 18.2 Å². The van der Waals surface area contributed by atoms with Gasteiger partial charge in [0, 0.05) is 16.6 Å². The molecule has 7 heteroatoms. The van der Waals surface area contributed by atoms with Crippen LogP contribution in [-0.2, 0) is 4.79 Å². The van der Waals surface area contributed by atoms with Crippen LogP contribution in [0, 0.1) is 5.92 Å². The number of carbonyl (C=O) groups is 2. The molecule has 1 fully saturated rings. The minimum absolute atomic E-state index is 0.0291. The lowest BCUT2D eigenvalue weighted by Crippen LogP contribution is -2.19. The van der Waals surface area contributed by atoms with Gasteiger partial charge < -0.3 is 10.4 Å². The first-order valence-corrected chi connectivity index (χ1v) is 8.56. The Morgan fingerprint density at radius 3 is 2.69 bits per heavy atom. The molecule has 6 nitrogen and oxygen atoms in total. The fraction of sp³-hybridized carbons (Fsp3) is 0.211. The fourth-order valence-corrected chi connectivity index (χ4v) is 2.53. The van der Waals surface area contributed by atoms with Gasteiger partial charge in [-0.1, -0.05) is 23.7 Å². The topological polar surface area (TPSA) is 90.8 Å². The Balaban J connectivity index is 1.70. The van der Waals surface area contributed by atoms with Crippen molar-refractivity contribution in [3.05, 3.63) is 58.6 Å². The van der Waals surface area contributed by atoms with E-state index >= 15 is 0 Å². The van der Waals surface area contributed by atoms with E-state index in [1.54, 1.807) is 19.1 Å². The highest BCUT2D eigenvalue weighted by Crippen LogP contribution is 2.30. The molecule has 1 aliphatic rings. The van der Waals surface area contributed by atoms with Crippen molar-refractivity contribution in [1.29, 1.82) is 0 Å². The van der Waals surface area contributed by atoms with Crippen LogP contribution in [0.4, 0.5) is 5.69 Å². The second kappa shape index (κ2) is 7.58. The number of phenols is 1. The molecule has 26 heavy (non-hydrogen) atoms. The summed E-state index contributed by atoms with van der Waals surface area (Å²) in [5, 5.41) is 17.0. The molecule has 0 aliphatic heterocycles. The molecule has 0 heterocycles. The molecule has 3 N–H and O–H groups in total. The van der Waals surface area contributed by atoms with Crippen LogP contribution in [0.5, 0.6) is 5.75 Å². The number of amides is 2. The highest BCUT2D eigenvalue weighted by molar-refractivity contribution is 6.31. The number of benzene rings is 2. The first kappa shape index (κ1) is 17.9. The van der Waals surface area contributed by atoms with E-state index in [4.69, 9.17) is 11.6 Å². The van der Waals surface area contributed by atoms with Gasteiger partial charge in [0.2, 0.25) is 5.91 Å². The molecule has 2 amide bonds. The highest BCUT2D eigenvalue weighted by Gasteiger charge is 2.29. The summed E-state index contributed by atoms with van der Waals surface area (Å²) in [4.78, 5) is 24.0. The summed E-state index contributed by atoms with van der Waals surface area (Å²) in [6, 6.07) is 11.4. The van der Waals surface area contributed by atoms with E-state index in [9.17, 15) is 14.7 Å². The van der Waals surface area contributed by atoms with Crippen LogP contribution in [-0.4, -0.2) is 22.6 Å². The standard InChI is InChI=1S/C19H18ClN3O3/c1-11(22-23-19(26)16-10-14(20)7-8-17(16)24)13-3-2-4-15(9-13)21-18(25)12-5-6-12/h2-4,7-10,12,24H,5-6H2,1H3,(H,21,25)(H,23,26). The summed E-state index contributed by atoms with van der Waals surface area (Å²) in [7, 11) is 0. The van der Waals surface area contributed by atoms with E-state index < -0.39 is 5.91 Å². The lowest BCUT2D eigenvalue weighted by molar-refractivity contribution is -0.117. The Labute approximate surface area is 155 Å². The number of rotatable bonds is 5. The summed E-state index contributed by atoms with van der Waals surface area (Å²) >= 11 is 5.84. The van der Waals surface area contributed by atoms with Crippen molar-refractivity contribution in [2.24, 2.45) is 11.0 Å². The summed E-state index contributed by atoms with van der Waals surface area (Å²) in [5.74, 6) is -0.591. The zero-order chi connectivity index (χ0) is 18.7. The van der Waals surface area contributed by atoms with Gasteiger partial charge in [0.25, 0.3) is 5.91 Å². The van der Waals surface area contributed by atoms with Crippen LogP contribution in [0.2, 0.25) is 5.02 Å². The summed E-state index contributed by atoms with van der Waals surface area (Å²) < 4.78 is 0. The van der Waals surface area contributed by atoms with Gasteiger partial charge in [-0.25, -0.2) is 5.43 Å². The molecule has 0 unspecified atom stereocenters. The molecule has 0 saturated heterocycles. The van der Waals surface area contributed by atoms with Gasteiger partial charge in [0.05, 0.1) is 11.3 Å². The smallest absolute Gasteiger partial charge is 0.275 e. The molecule has 1 saturated carbocycles. The number of nitrogens with one attached hydrogen (secondary N) is 2. The van der Waals surface area contributed by atoms with Crippen LogP contribution in [0.3, 0.4) is 0 Å². The van der Waals surface area contributed by atoms with E-state index in [-0.39, 0.29) is 23.1 Å². The van der Waals surface area contributed by atoms with Crippen molar-refractivity contribution < 1.29 is 14.7 Å². The molecule has 3 rings (SSSR count). The number of phenolic OH excluding ortho intramolecular Hbond substituents is 1. The SMILES string of the molecule is CC(=NNC(=O)c1cc(Cl)ccc1O)c1cccc(NC(=O)C2CC2)c1. The number of hydrogen-bond acceptors (Lipinski definition) is 4. The molecule has 0 spiro atoms. The second-order valence-electron chi connectivity index (χ2n) is 6.14. The molecule has 0 radical (unpaired) electrons. The molecule has 2 aromatic carbocycles. The normalized spacial score (nSPS) is 14.0. The van der Waals surface area contributed by atoms with E-state index in [0.29, 0.717) is 16.4 Å². The van der Waals surface area contributed by atoms with Gasteiger partial charge in [-0.2, -0.15) is 5.10 Å². The maximum Gasteiger partial charge on any atom is 0.275 e. The molecule has 134 valence electrons. The third kappa shape index (κ3) is 4.40. The van der Waals surface area contributed by atoms with Crippen molar-refractivity contribution in [2.45, 2.75) is 19.8 Å². The van der Waals surface area contributed by atoms with Crippen LogP contribution >= 0.6 is 11.6 Å². The Morgan fingerprint density at radius 2 is 1.96 bits per heavy atom. The summed E-state index contributed by atoms with van der Waals surface area (Å²) in [6.07, 6.45) is 1.88. The number of hydrazone groups is 1. The monoisotopic (exact) mass is 371 g/mol. The Bertz CT molecular complexity index is 891. The molecular weight excluding hydrogens is 354 g/mol. The van der Waals surface area contributed by atoms with Gasteiger partial charge in [-0.05, 0) is 55.7 Å². The molecule has 0 aromatic heterocycles. The summed E-state index contributed by atoms with van der Waals surface area (Å²) in [6.45, 7) is 1.74. The number of hydrogen-bond donors (Lipinski definition) is 3. The first-order chi connectivity index (χ1) is 12.4. The minimum Gasteiger partial charge on any atom is -0.507 e. The number of nitrogens with zero attached hydrogens (tertiary/aromatic N) is 1. The zero-order valence-corrected chi connectivity index (χ0v) is 14.9. The molecule has 0 atom stereocenters. The van der Waals surface area contributed by atoms with Crippen molar-refractivity contribution >= 4 is 34.8 Å². The average Bonchev–Trinajstić information content (AvgIpc) is 3.47. The zero-order valence-electron chi connectivity index (χ0n) is 14.1. The maximum absolute atomic E-state index is 12.2. The molecular formula is C19H18ClN3O3. The third-order valence-electron chi connectivity index (χ3n) is 4.02. The molecule has 2 aromatic rings. The van der Waals surface area contributed by atoms with Crippen molar-refractivity contribution in [1.82, 2.24) is 5.43 Å². The van der Waals surface area contributed by atoms with E-state index in [2.05, 4.69) is 15.8 Å². The lowest BCUT2D eigenvalue weighted by atomic mass is 10.1. The Morgan fingerprint density at radius 1 is 1.19 bits per heavy atom. The molecule has 0 bridgehead atoms. The molecule has 1 aliphatic carbocycles. The van der Waals surface area contributed by atoms with Gasteiger partial charge in [0.1, 0.15) is 5.75 Å². The number of carbonyl (C=O) groups excluding carboxylic acids is 2. The van der Waals surface area contributed by atoms with E-state index in [0.717, 1.165) is 18.4 Å². The largest absolute Gasteiger partial charge is 0.507 e. The van der Waals surface area contributed by atoms with Crippen molar-refractivity contribution in [3.8, 4) is 5.75 Å². The maximum atomic E-state index is 12.2. The van der Waals surface area contributed by atoms with Gasteiger partial charge in [-0.3, -0.25) is 9.59 Å². The van der Waals surface area contributed by atoms with Crippen molar-refractivity contribution in [3.63, 3.8) is 0 Å².